The summed E-state index contributed by atoms with van der Waals surface area (Å²) in [5, 5.41) is 2.99. The Morgan fingerprint density at radius 1 is 0.967 bits per heavy atom. The van der Waals surface area contributed by atoms with E-state index in [1.807, 2.05) is 49.4 Å². The van der Waals surface area contributed by atoms with Gasteiger partial charge in [-0.2, -0.15) is 0 Å². The third kappa shape index (κ3) is 6.79. The molecule has 0 fully saturated rings. The average molecular weight is 413 g/mol. The molecule has 1 N–H and O–H groups in total. The number of hydrogen-bond acceptors (Lipinski definition) is 4. The van der Waals surface area contributed by atoms with Gasteiger partial charge < -0.3 is 19.7 Å². The Bertz CT molecular complexity index is 831. The molecular weight excluding hydrogens is 380 g/mol. The maximum atomic E-state index is 12.5. The summed E-state index contributed by atoms with van der Waals surface area (Å²) in [6.07, 6.45) is 0.677. The maximum absolute atomic E-state index is 12.5. The van der Waals surface area contributed by atoms with Gasteiger partial charge in [0.2, 0.25) is 0 Å². The van der Waals surface area contributed by atoms with Crippen molar-refractivity contribution in [3.05, 3.63) is 59.7 Å². The first-order valence-corrected chi connectivity index (χ1v) is 10.3. The van der Waals surface area contributed by atoms with Gasteiger partial charge in [-0.1, -0.05) is 51.1 Å². The van der Waals surface area contributed by atoms with Crippen LogP contribution in [-0.4, -0.2) is 44.0 Å². The van der Waals surface area contributed by atoms with Crippen molar-refractivity contribution in [3.63, 3.8) is 0 Å². The van der Waals surface area contributed by atoms with Crippen molar-refractivity contribution in [2.45, 2.75) is 39.2 Å². The number of carbonyl (C=O) groups excluding carboxylic acids is 2. The van der Waals surface area contributed by atoms with Gasteiger partial charge in [0, 0.05) is 19.7 Å². The largest absolute Gasteiger partial charge is 0.484 e. The molecule has 6 heteroatoms. The Balaban J connectivity index is 1.97. The zero-order valence-corrected chi connectivity index (χ0v) is 18.5. The van der Waals surface area contributed by atoms with Gasteiger partial charge in [0.15, 0.2) is 13.2 Å². The van der Waals surface area contributed by atoms with Crippen molar-refractivity contribution in [2.24, 2.45) is 0 Å². The quantitative estimate of drug-likeness (QED) is 0.642. The monoisotopic (exact) mass is 412 g/mol. The SMILES string of the molecule is CCC(NC(=O)COc1ccc(C(C)C)cc1)c1ccccc1OCC(=O)N(C)C. The smallest absolute Gasteiger partial charge is 0.259 e. The van der Waals surface area contributed by atoms with Crippen LogP contribution in [0.5, 0.6) is 11.5 Å². The number of hydrogen-bond donors (Lipinski definition) is 1. The number of rotatable bonds is 10. The zero-order valence-electron chi connectivity index (χ0n) is 18.5. The number of benzene rings is 2. The predicted molar refractivity (Wildman–Crippen MR) is 118 cm³/mol. The van der Waals surface area contributed by atoms with Crippen molar-refractivity contribution in [1.82, 2.24) is 10.2 Å². The van der Waals surface area contributed by atoms with Crippen LogP contribution in [0.3, 0.4) is 0 Å². The fourth-order valence-corrected chi connectivity index (χ4v) is 2.90. The first-order chi connectivity index (χ1) is 14.3. The topological polar surface area (TPSA) is 67.9 Å². The van der Waals surface area contributed by atoms with E-state index in [-0.39, 0.29) is 31.1 Å². The second-order valence-corrected chi connectivity index (χ2v) is 7.66. The number of para-hydroxylation sites is 1. The molecule has 0 aromatic heterocycles. The fraction of sp³-hybridized carbons (Fsp3) is 0.417. The van der Waals surface area contributed by atoms with Crippen LogP contribution in [0.1, 0.15) is 50.3 Å². The third-order valence-corrected chi connectivity index (χ3v) is 4.80. The van der Waals surface area contributed by atoms with E-state index in [2.05, 4.69) is 19.2 Å². The highest BCUT2D eigenvalue weighted by molar-refractivity contribution is 5.78. The van der Waals surface area contributed by atoms with Crippen molar-refractivity contribution >= 4 is 11.8 Å². The van der Waals surface area contributed by atoms with Crippen LogP contribution in [0.2, 0.25) is 0 Å². The third-order valence-electron chi connectivity index (χ3n) is 4.80. The molecule has 0 radical (unpaired) electrons. The molecule has 0 spiro atoms. The molecule has 0 saturated carbocycles. The lowest BCUT2D eigenvalue weighted by molar-refractivity contribution is -0.130. The van der Waals surface area contributed by atoms with Crippen LogP contribution in [0.4, 0.5) is 0 Å². The highest BCUT2D eigenvalue weighted by Gasteiger charge is 2.18. The molecule has 1 atom stereocenters. The van der Waals surface area contributed by atoms with Crippen molar-refractivity contribution in [2.75, 3.05) is 27.3 Å². The Morgan fingerprint density at radius 2 is 1.63 bits per heavy atom. The zero-order chi connectivity index (χ0) is 22.1. The minimum absolute atomic E-state index is 0.0517. The molecule has 30 heavy (non-hydrogen) atoms. The highest BCUT2D eigenvalue weighted by Crippen LogP contribution is 2.27. The summed E-state index contributed by atoms with van der Waals surface area (Å²) in [6.45, 7) is 6.13. The first-order valence-electron chi connectivity index (χ1n) is 10.3. The molecule has 2 rings (SSSR count). The number of likely N-dealkylation sites (N-methyl/N-ethyl adjacent to an activating group) is 1. The molecule has 0 saturated heterocycles. The molecule has 0 heterocycles. The first kappa shape index (κ1) is 23.3. The van der Waals surface area contributed by atoms with E-state index in [0.29, 0.717) is 23.8 Å². The average Bonchev–Trinajstić information content (AvgIpc) is 2.74. The van der Waals surface area contributed by atoms with E-state index in [9.17, 15) is 9.59 Å². The van der Waals surface area contributed by atoms with Crippen LogP contribution < -0.4 is 14.8 Å². The summed E-state index contributed by atoms with van der Waals surface area (Å²) in [5.74, 6) is 1.36. The number of carbonyl (C=O) groups is 2. The summed E-state index contributed by atoms with van der Waals surface area (Å²) in [7, 11) is 3.37. The lowest BCUT2D eigenvalue weighted by Gasteiger charge is -2.21. The molecule has 0 bridgehead atoms. The van der Waals surface area contributed by atoms with Crippen LogP contribution >= 0.6 is 0 Å². The van der Waals surface area contributed by atoms with E-state index in [1.165, 1.54) is 10.5 Å². The minimum atomic E-state index is -0.241. The lowest BCUT2D eigenvalue weighted by Crippen LogP contribution is -2.33. The van der Waals surface area contributed by atoms with Gasteiger partial charge >= 0.3 is 0 Å². The highest BCUT2D eigenvalue weighted by atomic mass is 16.5. The molecule has 0 aliphatic rings. The van der Waals surface area contributed by atoms with Gasteiger partial charge in [0.1, 0.15) is 11.5 Å². The van der Waals surface area contributed by atoms with E-state index in [1.54, 1.807) is 20.2 Å². The molecule has 6 nitrogen and oxygen atoms in total. The van der Waals surface area contributed by atoms with Crippen LogP contribution in [-0.2, 0) is 9.59 Å². The number of ether oxygens (including phenoxy) is 2. The summed E-state index contributed by atoms with van der Waals surface area (Å²) >= 11 is 0. The molecule has 0 aliphatic heterocycles. The molecule has 2 aromatic carbocycles. The van der Waals surface area contributed by atoms with Gasteiger partial charge in [0.05, 0.1) is 6.04 Å². The molecule has 2 amide bonds. The normalized spacial score (nSPS) is 11.7. The number of nitrogens with zero attached hydrogens (tertiary/aromatic N) is 1. The van der Waals surface area contributed by atoms with Crippen LogP contribution in [0.25, 0.3) is 0 Å². The van der Waals surface area contributed by atoms with Crippen molar-refractivity contribution in [3.8, 4) is 11.5 Å². The molecule has 1 unspecified atom stereocenters. The Hall–Kier alpha value is -3.02. The second kappa shape index (κ2) is 11.2. The van der Waals surface area contributed by atoms with Crippen LogP contribution in [0.15, 0.2) is 48.5 Å². The van der Waals surface area contributed by atoms with Crippen LogP contribution in [0, 0.1) is 0 Å². The summed E-state index contributed by atoms with van der Waals surface area (Å²) in [6, 6.07) is 15.0. The summed E-state index contributed by atoms with van der Waals surface area (Å²) in [5.41, 5.74) is 2.06. The Morgan fingerprint density at radius 3 is 2.23 bits per heavy atom. The van der Waals surface area contributed by atoms with E-state index in [4.69, 9.17) is 9.47 Å². The number of nitrogens with one attached hydrogen (secondary N) is 1. The summed E-state index contributed by atoms with van der Waals surface area (Å²) < 4.78 is 11.3. The lowest BCUT2D eigenvalue weighted by atomic mass is 10.0. The molecular formula is C24H32N2O4. The summed E-state index contributed by atoms with van der Waals surface area (Å²) in [4.78, 5) is 25.8. The fourth-order valence-electron chi connectivity index (χ4n) is 2.90. The van der Waals surface area contributed by atoms with E-state index >= 15 is 0 Å². The minimum Gasteiger partial charge on any atom is -0.484 e. The van der Waals surface area contributed by atoms with Gasteiger partial charge in [-0.25, -0.2) is 0 Å². The van der Waals surface area contributed by atoms with Gasteiger partial charge in [-0.15, -0.1) is 0 Å². The van der Waals surface area contributed by atoms with E-state index < -0.39 is 0 Å². The van der Waals surface area contributed by atoms with E-state index in [0.717, 1.165) is 5.56 Å². The standard InChI is InChI=1S/C24H32N2O4/c1-6-21(20-9-7-8-10-22(20)30-16-24(28)26(4)5)25-23(27)15-29-19-13-11-18(12-14-19)17(2)3/h7-14,17,21H,6,15-16H2,1-5H3,(H,25,27). The van der Waals surface area contributed by atoms with Crippen molar-refractivity contribution in [1.29, 1.82) is 0 Å². The molecule has 0 aliphatic carbocycles. The van der Waals surface area contributed by atoms with Gasteiger partial charge in [-0.3, -0.25) is 9.59 Å². The predicted octanol–water partition coefficient (Wildman–Crippen LogP) is 3.92. The van der Waals surface area contributed by atoms with Gasteiger partial charge in [-0.05, 0) is 36.1 Å². The molecule has 162 valence electrons. The van der Waals surface area contributed by atoms with Crippen molar-refractivity contribution < 1.29 is 19.1 Å². The Labute approximate surface area is 179 Å². The Kier molecular flexibility index (Phi) is 8.71. The second-order valence-electron chi connectivity index (χ2n) is 7.66. The molecule has 2 aromatic rings. The number of amides is 2. The maximum Gasteiger partial charge on any atom is 0.259 e. The van der Waals surface area contributed by atoms with Gasteiger partial charge in [0.25, 0.3) is 11.8 Å².